The van der Waals surface area contributed by atoms with Crippen LogP contribution in [0.5, 0.6) is 0 Å². The van der Waals surface area contributed by atoms with E-state index in [0.717, 1.165) is 12.8 Å². The molecule has 0 spiro atoms. The summed E-state index contributed by atoms with van der Waals surface area (Å²) in [5.74, 6) is 5.70. The Bertz CT molecular complexity index is 130. The number of oxime groups is 1. The highest BCUT2D eigenvalue weighted by Crippen LogP contribution is 1.81. The van der Waals surface area contributed by atoms with Gasteiger partial charge < -0.3 is 4.84 Å². The quantitative estimate of drug-likeness (QED) is 0.242. The van der Waals surface area contributed by atoms with Crippen LogP contribution in [0.2, 0.25) is 0 Å². The molecule has 0 aromatic carbocycles. The number of unbranched alkanes of at least 4 members (excludes halogenated alkanes) is 1. The van der Waals surface area contributed by atoms with E-state index in [0.29, 0.717) is 0 Å². The van der Waals surface area contributed by atoms with Gasteiger partial charge in [0.2, 0.25) is 0 Å². The van der Waals surface area contributed by atoms with E-state index in [1.54, 1.807) is 6.21 Å². The molecule has 2 heteroatoms. The van der Waals surface area contributed by atoms with Crippen LogP contribution in [0.25, 0.3) is 0 Å². The van der Waals surface area contributed by atoms with Crippen molar-refractivity contribution in [2.75, 3.05) is 7.11 Å². The summed E-state index contributed by atoms with van der Waals surface area (Å²) in [6.07, 6.45) is 3.45. The molecule has 0 unspecified atom stereocenters. The fourth-order valence-electron chi connectivity index (χ4n) is 0.389. The van der Waals surface area contributed by atoms with Gasteiger partial charge in [0.1, 0.15) is 7.11 Å². The molecular formula is C7H11NO. The van der Waals surface area contributed by atoms with Crippen molar-refractivity contribution in [2.24, 2.45) is 5.16 Å². The van der Waals surface area contributed by atoms with E-state index < -0.39 is 0 Å². The summed E-state index contributed by atoms with van der Waals surface area (Å²) in [7, 11) is 1.53. The first kappa shape index (κ1) is 8.03. The fraction of sp³-hybridized carbons (Fsp3) is 0.571. The van der Waals surface area contributed by atoms with Gasteiger partial charge in [0.25, 0.3) is 0 Å². The van der Waals surface area contributed by atoms with E-state index in [1.165, 1.54) is 7.11 Å². The Morgan fingerprint density at radius 3 is 3.00 bits per heavy atom. The number of hydrogen-bond donors (Lipinski definition) is 0. The SMILES string of the molecule is CC#CCCC=NOC. The third-order valence-corrected chi connectivity index (χ3v) is 0.755. The molecule has 0 aliphatic rings. The normalized spacial score (nSPS) is 8.67. The molecule has 2 nitrogen and oxygen atoms in total. The van der Waals surface area contributed by atoms with Gasteiger partial charge in [-0.2, -0.15) is 0 Å². The van der Waals surface area contributed by atoms with Gasteiger partial charge in [-0.1, -0.05) is 5.16 Å². The summed E-state index contributed by atoms with van der Waals surface area (Å²) in [5, 5.41) is 3.55. The van der Waals surface area contributed by atoms with Gasteiger partial charge in [0, 0.05) is 12.6 Å². The third-order valence-electron chi connectivity index (χ3n) is 0.755. The van der Waals surface area contributed by atoms with Crippen molar-refractivity contribution in [2.45, 2.75) is 19.8 Å². The Hall–Kier alpha value is -0.970. The lowest BCUT2D eigenvalue weighted by atomic mass is 10.3. The Morgan fingerprint density at radius 1 is 1.67 bits per heavy atom. The molecule has 0 aliphatic carbocycles. The zero-order valence-corrected chi connectivity index (χ0v) is 5.85. The summed E-state index contributed by atoms with van der Waals surface area (Å²) < 4.78 is 0. The molecule has 0 aromatic heterocycles. The predicted octanol–water partition coefficient (Wildman–Crippen LogP) is 1.42. The first-order valence-electron chi connectivity index (χ1n) is 2.86. The smallest absolute Gasteiger partial charge is 0.106 e. The molecule has 0 N–H and O–H groups in total. The van der Waals surface area contributed by atoms with Crippen LogP contribution in [0, 0.1) is 11.8 Å². The van der Waals surface area contributed by atoms with Crippen LogP contribution in [-0.2, 0) is 4.84 Å². The Kier molecular flexibility index (Phi) is 6.27. The molecular weight excluding hydrogens is 114 g/mol. The maximum atomic E-state index is 4.44. The molecule has 50 valence electrons. The maximum Gasteiger partial charge on any atom is 0.106 e. The fourth-order valence-corrected chi connectivity index (χ4v) is 0.389. The first-order chi connectivity index (χ1) is 4.41. The summed E-state index contributed by atoms with van der Waals surface area (Å²) >= 11 is 0. The summed E-state index contributed by atoms with van der Waals surface area (Å²) in [6.45, 7) is 1.83. The summed E-state index contributed by atoms with van der Waals surface area (Å²) in [5.41, 5.74) is 0. The molecule has 0 atom stereocenters. The average Bonchev–Trinajstić information content (AvgIpc) is 1.89. The van der Waals surface area contributed by atoms with Gasteiger partial charge in [-0.05, 0) is 13.3 Å². The number of hydrogen-bond acceptors (Lipinski definition) is 2. The molecule has 0 saturated carbocycles. The topological polar surface area (TPSA) is 21.6 Å². The summed E-state index contributed by atoms with van der Waals surface area (Å²) in [4.78, 5) is 4.44. The van der Waals surface area contributed by atoms with Gasteiger partial charge in [0.05, 0.1) is 0 Å². The molecule has 0 aromatic rings. The molecule has 0 radical (unpaired) electrons. The van der Waals surface area contributed by atoms with E-state index in [4.69, 9.17) is 0 Å². The monoisotopic (exact) mass is 125 g/mol. The largest absolute Gasteiger partial charge is 0.399 e. The Morgan fingerprint density at radius 2 is 2.44 bits per heavy atom. The highest BCUT2D eigenvalue weighted by Gasteiger charge is 1.73. The predicted molar refractivity (Wildman–Crippen MR) is 38.2 cm³/mol. The van der Waals surface area contributed by atoms with Crippen LogP contribution in [0.15, 0.2) is 5.16 Å². The average molecular weight is 125 g/mol. The number of nitrogens with zero attached hydrogens (tertiary/aromatic N) is 1. The van der Waals surface area contributed by atoms with E-state index in [2.05, 4.69) is 21.8 Å². The second-order valence-corrected chi connectivity index (χ2v) is 1.44. The lowest BCUT2D eigenvalue weighted by Gasteiger charge is -1.82. The Labute approximate surface area is 55.9 Å². The lowest BCUT2D eigenvalue weighted by molar-refractivity contribution is 0.214. The van der Waals surface area contributed by atoms with Crippen molar-refractivity contribution in [1.82, 2.24) is 0 Å². The van der Waals surface area contributed by atoms with Crippen molar-refractivity contribution in [1.29, 1.82) is 0 Å². The van der Waals surface area contributed by atoms with Gasteiger partial charge >= 0.3 is 0 Å². The zero-order valence-electron chi connectivity index (χ0n) is 5.85. The van der Waals surface area contributed by atoms with Crippen LogP contribution in [0.4, 0.5) is 0 Å². The van der Waals surface area contributed by atoms with E-state index in [9.17, 15) is 0 Å². The van der Waals surface area contributed by atoms with Gasteiger partial charge in [-0.25, -0.2) is 0 Å². The molecule has 0 aliphatic heterocycles. The van der Waals surface area contributed by atoms with Crippen LogP contribution >= 0.6 is 0 Å². The lowest BCUT2D eigenvalue weighted by Crippen LogP contribution is -1.74. The van der Waals surface area contributed by atoms with Gasteiger partial charge in [0.15, 0.2) is 0 Å². The van der Waals surface area contributed by atoms with Crippen molar-refractivity contribution in [3.63, 3.8) is 0 Å². The standard InChI is InChI=1S/C7H11NO/c1-3-4-5-6-7-8-9-2/h7H,5-6H2,1-2H3. The van der Waals surface area contributed by atoms with E-state index >= 15 is 0 Å². The molecule has 9 heavy (non-hydrogen) atoms. The number of rotatable bonds is 3. The highest BCUT2D eigenvalue weighted by molar-refractivity contribution is 5.56. The van der Waals surface area contributed by atoms with E-state index in [-0.39, 0.29) is 0 Å². The van der Waals surface area contributed by atoms with Gasteiger partial charge in [-0.15, -0.1) is 11.8 Å². The zero-order chi connectivity index (χ0) is 6.95. The van der Waals surface area contributed by atoms with Crippen molar-refractivity contribution in [3.8, 4) is 11.8 Å². The molecule has 0 fully saturated rings. The molecule has 0 saturated heterocycles. The molecule has 0 amide bonds. The van der Waals surface area contributed by atoms with Crippen molar-refractivity contribution in [3.05, 3.63) is 0 Å². The van der Waals surface area contributed by atoms with Crippen LogP contribution in [0.1, 0.15) is 19.8 Å². The van der Waals surface area contributed by atoms with E-state index in [1.807, 2.05) is 6.92 Å². The second kappa shape index (κ2) is 7.03. The van der Waals surface area contributed by atoms with Gasteiger partial charge in [-0.3, -0.25) is 0 Å². The van der Waals surface area contributed by atoms with Crippen LogP contribution < -0.4 is 0 Å². The minimum absolute atomic E-state index is 0.864. The first-order valence-corrected chi connectivity index (χ1v) is 2.86. The van der Waals surface area contributed by atoms with Crippen LogP contribution in [-0.4, -0.2) is 13.3 Å². The maximum absolute atomic E-state index is 4.44. The van der Waals surface area contributed by atoms with Crippen molar-refractivity contribution >= 4 is 6.21 Å². The Balaban J connectivity index is 3.06. The third kappa shape index (κ3) is 7.03. The minimum Gasteiger partial charge on any atom is -0.399 e. The van der Waals surface area contributed by atoms with Crippen LogP contribution in [0.3, 0.4) is 0 Å². The molecule has 0 heterocycles. The molecule has 0 rings (SSSR count). The molecule has 0 bridgehead atoms. The highest BCUT2D eigenvalue weighted by atomic mass is 16.6. The van der Waals surface area contributed by atoms with Crippen molar-refractivity contribution < 1.29 is 4.84 Å². The summed E-state index contributed by atoms with van der Waals surface area (Å²) in [6, 6.07) is 0. The minimum atomic E-state index is 0.864. The second-order valence-electron chi connectivity index (χ2n) is 1.44.